The van der Waals surface area contributed by atoms with Gasteiger partial charge in [-0.05, 0) is 51.4 Å². The lowest BCUT2D eigenvalue weighted by molar-refractivity contribution is -0.140. The monoisotopic (exact) mass is 278 g/mol. The molecule has 0 aromatic heterocycles. The molecule has 114 valence electrons. The Morgan fingerprint density at radius 3 is 2.30 bits per heavy atom. The summed E-state index contributed by atoms with van der Waals surface area (Å²) < 4.78 is 0. The van der Waals surface area contributed by atoms with E-state index in [0.717, 1.165) is 19.3 Å². The first-order valence-corrected chi connectivity index (χ1v) is 7.95. The van der Waals surface area contributed by atoms with E-state index in [2.05, 4.69) is 33.8 Å². The van der Waals surface area contributed by atoms with Crippen LogP contribution in [-0.2, 0) is 9.59 Å². The predicted octanol–water partition coefficient (Wildman–Crippen LogP) is 4.72. The minimum atomic E-state index is -0.0756. The van der Waals surface area contributed by atoms with Gasteiger partial charge in [0.1, 0.15) is 11.6 Å². The highest BCUT2D eigenvalue weighted by atomic mass is 16.1. The highest BCUT2D eigenvalue weighted by molar-refractivity contribution is 5.86. The molecular formula is C18H30O2. The van der Waals surface area contributed by atoms with Crippen molar-refractivity contribution in [3.8, 4) is 0 Å². The fraction of sp³-hybridized carbons (Fsp3) is 0.778. The Hall–Kier alpha value is -0.920. The molecule has 1 aliphatic carbocycles. The van der Waals surface area contributed by atoms with Crippen molar-refractivity contribution in [1.82, 2.24) is 0 Å². The largest absolute Gasteiger partial charge is 0.300 e. The second-order valence-corrected chi connectivity index (χ2v) is 7.02. The molecule has 0 heterocycles. The zero-order chi connectivity index (χ0) is 15.3. The predicted molar refractivity (Wildman–Crippen MR) is 83.6 cm³/mol. The number of Topliss-reactive ketones (excluding diaryl/α,β-unsaturated/α-hetero) is 2. The third-order valence-electron chi connectivity index (χ3n) is 4.97. The van der Waals surface area contributed by atoms with E-state index in [-0.39, 0.29) is 11.2 Å². The Kier molecular flexibility index (Phi) is 6.16. The van der Waals surface area contributed by atoms with Crippen molar-refractivity contribution in [3.05, 3.63) is 11.6 Å². The van der Waals surface area contributed by atoms with Gasteiger partial charge < -0.3 is 4.79 Å². The zero-order valence-corrected chi connectivity index (χ0v) is 13.8. The lowest BCUT2D eigenvalue weighted by atomic mass is 9.55. The topological polar surface area (TPSA) is 34.1 Å². The summed E-state index contributed by atoms with van der Waals surface area (Å²) in [6.07, 6.45) is 7.28. The summed E-state index contributed by atoms with van der Waals surface area (Å²) in [5, 5.41) is 0. The molecule has 0 unspecified atom stereocenters. The Morgan fingerprint density at radius 1 is 1.20 bits per heavy atom. The molecule has 1 rings (SSSR count). The molecule has 0 saturated heterocycles. The molecule has 0 spiro atoms. The molecule has 0 amide bonds. The number of hydrogen-bond donors (Lipinski definition) is 0. The van der Waals surface area contributed by atoms with E-state index in [1.165, 1.54) is 12.0 Å². The Balaban J connectivity index is 2.41. The molecule has 0 N–H and O–H groups in total. The lowest BCUT2D eigenvalue weighted by Crippen LogP contribution is -2.46. The van der Waals surface area contributed by atoms with E-state index in [9.17, 15) is 9.59 Å². The molecular weight excluding hydrogens is 248 g/mol. The van der Waals surface area contributed by atoms with Crippen LogP contribution in [0, 0.1) is 17.3 Å². The van der Waals surface area contributed by atoms with Crippen LogP contribution in [0.15, 0.2) is 11.6 Å². The summed E-state index contributed by atoms with van der Waals surface area (Å²) in [4.78, 5) is 23.4. The molecule has 0 aliphatic heterocycles. The fourth-order valence-electron chi connectivity index (χ4n) is 3.38. The number of hydrogen-bond acceptors (Lipinski definition) is 2. The number of allylic oxidation sites excluding steroid dienone is 2. The first kappa shape index (κ1) is 17.1. The molecule has 0 radical (unpaired) electrons. The van der Waals surface area contributed by atoms with Crippen LogP contribution in [0.25, 0.3) is 0 Å². The summed E-state index contributed by atoms with van der Waals surface area (Å²) in [6.45, 7) is 10.3. The molecule has 20 heavy (non-hydrogen) atoms. The SMILES string of the molecule is CC(=O)CC/C=C(\C)CCC(=O)[C@]1(C)CC[C@H]1C(C)C. The van der Waals surface area contributed by atoms with E-state index in [1.807, 2.05) is 0 Å². The highest BCUT2D eigenvalue weighted by Crippen LogP contribution is 2.51. The van der Waals surface area contributed by atoms with Gasteiger partial charge in [-0.15, -0.1) is 0 Å². The van der Waals surface area contributed by atoms with Crippen molar-refractivity contribution in [2.24, 2.45) is 17.3 Å². The van der Waals surface area contributed by atoms with E-state index < -0.39 is 0 Å². The van der Waals surface area contributed by atoms with Crippen LogP contribution in [0.3, 0.4) is 0 Å². The average molecular weight is 278 g/mol. The second-order valence-electron chi connectivity index (χ2n) is 7.02. The third kappa shape index (κ3) is 4.29. The maximum Gasteiger partial charge on any atom is 0.139 e. The van der Waals surface area contributed by atoms with Gasteiger partial charge >= 0.3 is 0 Å². The van der Waals surface area contributed by atoms with Crippen LogP contribution in [0.2, 0.25) is 0 Å². The van der Waals surface area contributed by atoms with Crippen molar-refractivity contribution < 1.29 is 9.59 Å². The second kappa shape index (κ2) is 7.19. The molecule has 2 heteroatoms. The summed E-state index contributed by atoms with van der Waals surface area (Å²) in [5.41, 5.74) is 1.16. The van der Waals surface area contributed by atoms with Crippen LogP contribution in [0.5, 0.6) is 0 Å². The van der Waals surface area contributed by atoms with Gasteiger partial charge in [-0.2, -0.15) is 0 Å². The van der Waals surface area contributed by atoms with E-state index in [0.29, 0.717) is 30.5 Å². The molecule has 1 saturated carbocycles. The summed E-state index contributed by atoms with van der Waals surface area (Å²) in [5.74, 6) is 1.83. The number of carbonyl (C=O) groups is 2. The average Bonchev–Trinajstić information content (AvgIpc) is 2.32. The van der Waals surface area contributed by atoms with Crippen LogP contribution in [0.1, 0.15) is 73.1 Å². The van der Waals surface area contributed by atoms with Crippen molar-refractivity contribution >= 4 is 11.6 Å². The van der Waals surface area contributed by atoms with Crippen LogP contribution >= 0.6 is 0 Å². The highest BCUT2D eigenvalue weighted by Gasteiger charge is 2.48. The van der Waals surface area contributed by atoms with Crippen molar-refractivity contribution in [2.45, 2.75) is 73.1 Å². The normalized spacial score (nSPS) is 26.5. The maximum absolute atomic E-state index is 12.5. The first-order valence-electron chi connectivity index (χ1n) is 7.95. The summed E-state index contributed by atoms with van der Waals surface area (Å²) in [7, 11) is 0. The number of carbonyl (C=O) groups excluding carboxylic acids is 2. The minimum Gasteiger partial charge on any atom is -0.300 e. The van der Waals surface area contributed by atoms with E-state index >= 15 is 0 Å². The Labute approximate surface area is 124 Å². The third-order valence-corrected chi connectivity index (χ3v) is 4.97. The van der Waals surface area contributed by atoms with E-state index in [4.69, 9.17) is 0 Å². The number of ketones is 2. The van der Waals surface area contributed by atoms with Crippen LogP contribution in [0.4, 0.5) is 0 Å². The Bertz CT molecular complexity index is 392. The zero-order valence-electron chi connectivity index (χ0n) is 13.8. The van der Waals surface area contributed by atoms with Crippen molar-refractivity contribution in [1.29, 1.82) is 0 Å². The van der Waals surface area contributed by atoms with Gasteiger partial charge in [-0.25, -0.2) is 0 Å². The van der Waals surface area contributed by atoms with Crippen molar-refractivity contribution in [2.75, 3.05) is 0 Å². The summed E-state index contributed by atoms with van der Waals surface area (Å²) >= 11 is 0. The first-order chi connectivity index (χ1) is 9.27. The molecule has 0 aromatic carbocycles. The number of rotatable bonds is 8. The molecule has 2 atom stereocenters. The van der Waals surface area contributed by atoms with Gasteiger partial charge in [-0.1, -0.05) is 32.4 Å². The van der Waals surface area contributed by atoms with Gasteiger partial charge in [0.15, 0.2) is 0 Å². The van der Waals surface area contributed by atoms with Gasteiger partial charge in [0, 0.05) is 18.3 Å². The van der Waals surface area contributed by atoms with Gasteiger partial charge in [0.05, 0.1) is 0 Å². The molecule has 0 bridgehead atoms. The summed E-state index contributed by atoms with van der Waals surface area (Å²) in [6, 6.07) is 0. The molecule has 2 nitrogen and oxygen atoms in total. The smallest absolute Gasteiger partial charge is 0.139 e. The standard InChI is InChI=1S/C18H30O2/c1-13(2)16-11-12-18(16,5)17(20)10-9-14(3)7-6-8-15(4)19/h7,13,16H,6,8-12H2,1-5H3/b14-7+/t16-,18+/m0/s1. The quantitative estimate of drug-likeness (QED) is 0.602. The van der Waals surface area contributed by atoms with Crippen LogP contribution in [-0.4, -0.2) is 11.6 Å². The fourth-order valence-corrected chi connectivity index (χ4v) is 3.38. The van der Waals surface area contributed by atoms with Gasteiger partial charge in [-0.3, -0.25) is 4.79 Å². The minimum absolute atomic E-state index is 0.0756. The lowest BCUT2D eigenvalue weighted by Gasteiger charge is -2.48. The van der Waals surface area contributed by atoms with Gasteiger partial charge in [0.25, 0.3) is 0 Å². The maximum atomic E-state index is 12.5. The Morgan fingerprint density at radius 2 is 1.85 bits per heavy atom. The van der Waals surface area contributed by atoms with Gasteiger partial charge in [0.2, 0.25) is 0 Å². The molecule has 1 aliphatic rings. The molecule has 0 aromatic rings. The van der Waals surface area contributed by atoms with Crippen LogP contribution < -0.4 is 0 Å². The van der Waals surface area contributed by atoms with E-state index in [1.54, 1.807) is 6.92 Å². The molecule has 1 fully saturated rings. The van der Waals surface area contributed by atoms with Crippen molar-refractivity contribution in [3.63, 3.8) is 0 Å².